The standard InChI is InChI=1S/C12H11ClN2S/c13-10-1-2-12(11(14)7-10)16-8-9-3-5-15-6-4-9/h1-7H,8,14H2. The summed E-state index contributed by atoms with van der Waals surface area (Å²) in [6, 6.07) is 9.57. The van der Waals surface area contributed by atoms with Crippen LogP contribution in [0.1, 0.15) is 5.56 Å². The van der Waals surface area contributed by atoms with Crippen LogP contribution < -0.4 is 5.73 Å². The van der Waals surface area contributed by atoms with Crippen molar-refractivity contribution in [3.05, 3.63) is 53.3 Å². The molecule has 1 heterocycles. The van der Waals surface area contributed by atoms with E-state index in [2.05, 4.69) is 4.98 Å². The van der Waals surface area contributed by atoms with E-state index >= 15 is 0 Å². The quantitative estimate of drug-likeness (QED) is 0.668. The summed E-state index contributed by atoms with van der Waals surface area (Å²) in [4.78, 5) is 5.03. The smallest absolute Gasteiger partial charge is 0.0467 e. The van der Waals surface area contributed by atoms with Gasteiger partial charge < -0.3 is 5.73 Å². The molecule has 1 aromatic heterocycles. The van der Waals surface area contributed by atoms with E-state index in [-0.39, 0.29) is 0 Å². The summed E-state index contributed by atoms with van der Waals surface area (Å²) in [7, 11) is 0. The number of nitrogen functional groups attached to an aromatic ring is 1. The Labute approximate surface area is 104 Å². The number of benzene rings is 1. The summed E-state index contributed by atoms with van der Waals surface area (Å²) in [5.74, 6) is 0.883. The molecule has 0 aliphatic rings. The lowest BCUT2D eigenvalue weighted by Gasteiger charge is -2.05. The van der Waals surface area contributed by atoms with Crippen LogP contribution in [-0.4, -0.2) is 4.98 Å². The molecule has 2 rings (SSSR count). The maximum Gasteiger partial charge on any atom is 0.0467 e. The van der Waals surface area contributed by atoms with E-state index in [0.29, 0.717) is 5.02 Å². The van der Waals surface area contributed by atoms with Crippen molar-refractivity contribution in [2.45, 2.75) is 10.6 Å². The molecule has 0 saturated heterocycles. The lowest BCUT2D eigenvalue weighted by atomic mass is 10.3. The van der Waals surface area contributed by atoms with E-state index in [9.17, 15) is 0 Å². The number of rotatable bonds is 3. The lowest BCUT2D eigenvalue weighted by molar-refractivity contribution is 1.27. The zero-order chi connectivity index (χ0) is 11.4. The monoisotopic (exact) mass is 250 g/mol. The van der Waals surface area contributed by atoms with Crippen molar-refractivity contribution in [1.82, 2.24) is 4.98 Å². The minimum atomic E-state index is 0.672. The molecular weight excluding hydrogens is 240 g/mol. The van der Waals surface area contributed by atoms with Gasteiger partial charge in [0.25, 0.3) is 0 Å². The van der Waals surface area contributed by atoms with Crippen LogP contribution in [0.4, 0.5) is 5.69 Å². The molecule has 2 N–H and O–H groups in total. The van der Waals surface area contributed by atoms with Crippen LogP contribution in [0.5, 0.6) is 0 Å². The Morgan fingerprint density at radius 1 is 1.19 bits per heavy atom. The van der Waals surface area contributed by atoms with Crippen molar-refractivity contribution >= 4 is 29.1 Å². The van der Waals surface area contributed by atoms with E-state index in [1.807, 2.05) is 24.3 Å². The average molecular weight is 251 g/mol. The minimum Gasteiger partial charge on any atom is -0.398 e. The molecule has 0 amide bonds. The van der Waals surface area contributed by atoms with Gasteiger partial charge in [-0.05, 0) is 35.9 Å². The fourth-order valence-electron chi connectivity index (χ4n) is 1.29. The summed E-state index contributed by atoms with van der Waals surface area (Å²) in [6.07, 6.45) is 3.59. The molecule has 0 fully saturated rings. The number of halogens is 1. The number of hydrogen-bond acceptors (Lipinski definition) is 3. The van der Waals surface area contributed by atoms with Crippen LogP contribution in [0.2, 0.25) is 5.02 Å². The molecular formula is C12H11ClN2S. The molecule has 0 spiro atoms. The van der Waals surface area contributed by atoms with Gasteiger partial charge in [0.2, 0.25) is 0 Å². The molecule has 0 bridgehead atoms. The summed E-state index contributed by atoms with van der Waals surface area (Å²) >= 11 is 7.53. The fourth-order valence-corrected chi connectivity index (χ4v) is 2.38. The predicted octanol–water partition coefficient (Wildman–Crippen LogP) is 3.61. The van der Waals surface area contributed by atoms with Gasteiger partial charge in [0, 0.05) is 33.8 Å². The first-order valence-corrected chi connectivity index (χ1v) is 6.19. The van der Waals surface area contributed by atoms with Gasteiger partial charge >= 0.3 is 0 Å². The highest BCUT2D eigenvalue weighted by molar-refractivity contribution is 7.98. The van der Waals surface area contributed by atoms with Crippen LogP contribution in [0, 0.1) is 0 Å². The average Bonchev–Trinajstić information content (AvgIpc) is 2.29. The van der Waals surface area contributed by atoms with Crippen molar-refractivity contribution in [3.63, 3.8) is 0 Å². The summed E-state index contributed by atoms with van der Waals surface area (Å²) in [6.45, 7) is 0. The van der Waals surface area contributed by atoms with E-state index in [1.54, 1.807) is 30.2 Å². The van der Waals surface area contributed by atoms with Crippen molar-refractivity contribution in [1.29, 1.82) is 0 Å². The Morgan fingerprint density at radius 2 is 1.94 bits per heavy atom. The van der Waals surface area contributed by atoms with Crippen LogP contribution in [0.15, 0.2) is 47.6 Å². The fraction of sp³-hybridized carbons (Fsp3) is 0.0833. The Morgan fingerprint density at radius 3 is 2.62 bits per heavy atom. The van der Waals surface area contributed by atoms with Gasteiger partial charge in [-0.1, -0.05) is 11.6 Å². The van der Waals surface area contributed by atoms with Gasteiger partial charge in [-0.2, -0.15) is 0 Å². The first-order chi connectivity index (χ1) is 7.75. The molecule has 0 radical (unpaired) electrons. The van der Waals surface area contributed by atoms with Gasteiger partial charge in [-0.15, -0.1) is 11.8 Å². The number of nitrogens with two attached hydrogens (primary N) is 1. The Bertz CT molecular complexity index is 474. The molecule has 0 aliphatic heterocycles. The third kappa shape index (κ3) is 2.90. The summed E-state index contributed by atoms with van der Waals surface area (Å²) in [5.41, 5.74) is 7.83. The third-order valence-electron chi connectivity index (χ3n) is 2.12. The first-order valence-electron chi connectivity index (χ1n) is 4.82. The van der Waals surface area contributed by atoms with Gasteiger partial charge in [0.15, 0.2) is 0 Å². The molecule has 0 aliphatic carbocycles. The Kier molecular flexibility index (Phi) is 3.70. The van der Waals surface area contributed by atoms with Gasteiger partial charge in [-0.3, -0.25) is 4.98 Å². The molecule has 0 atom stereocenters. The second-order valence-corrected chi connectivity index (χ2v) is 4.78. The van der Waals surface area contributed by atoms with Crippen LogP contribution in [-0.2, 0) is 5.75 Å². The highest BCUT2D eigenvalue weighted by Gasteiger charge is 2.01. The zero-order valence-electron chi connectivity index (χ0n) is 8.56. The molecule has 4 heteroatoms. The van der Waals surface area contributed by atoms with Crippen LogP contribution in [0.3, 0.4) is 0 Å². The van der Waals surface area contributed by atoms with E-state index < -0.39 is 0 Å². The first kappa shape index (κ1) is 11.3. The lowest BCUT2D eigenvalue weighted by Crippen LogP contribution is -1.89. The maximum absolute atomic E-state index is 5.87. The van der Waals surface area contributed by atoms with Crippen molar-refractivity contribution in [2.24, 2.45) is 0 Å². The highest BCUT2D eigenvalue weighted by atomic mass is 35.5. The summed E-state index contributed by atoms with van der Waals surface area (Å²) in [5, 5.41) is 0.672. The molecule has 82 valence electrons. The van der Waals surface area contributed by atoms with Crippen LogP contribution >= 0.6 is 23.4 Å². The van der Waals surface area contributed by atoms with Crippen molar-refractivity contribution in [3.8, 4) is 0 Å². The summed E-state index contributed by atoms with van der Waals surface area (Å²) < 4.78 is 0. The minimum absolute atomic E-state index is 0.672. The van der Waals surface area contributed by atoms with Crippen molar-refractivity contribution < 1.29 is 0 Å². The number of anilines is 1. The van der Waals surface area contributed by atoms with E-state index in [0.717, 1.165) is 16.3 Å². The number of pyridine rings is 1. The number of hydrogen-bond donors (Lipinski definition) is 1. The topological polar surface area (TPSA) is 38.9 Å². The van der Waals surface area contributed by atoms with Crippen LogP contribution in [0.25, 0.3) is 0 Å². The molecule has 0 unspecified atom stereocenters. The normalized spacial score (nSPS) is 10.3. The Balaban J connectivity index is 2.05. The maximum atomic E-state index is 5.87. The van der Waals surface area contributed by atoms with E-state index in [1.165, 1.54) is 5.56 Å². The van der Waals surface area contributed by atoms with Gasteiger partial charge in [-0.25, -0.2) is 0 Å². The van der Waals surface area contributed by atoms with Gasteiger partial charge in [0.1, 0.15) is 0 Å². The third-order valence-corrected chi connectivity index (χ3v) is 3.51. The molecule has 0 saturated carbocycles. The zero-order valence-corrected chi connectivity index (χ0v) is 10.1. The highest BCUT2D eigenvalue weighted by Crippen LogP contribution is 2.29. The molecule has 1 aromatic carbocycles. The van der Waals surface area contributed by atoms with E-state index in [4.69, 9.17) is 17.3 Å². The molecule has 2 nitrogen and oxygen atoms in total. The molecule has 16 heavy (non-hydrogen) atoms. The number of nitrogens with zero attached hydrogens (tertiary/aromatic N) is 1. The SMILES string of the molecule is Nc1cc(Cl)ccc1SCc1ccncc1. The van der Waals surface area contributed by atoms with Gasteiger partial charge in [0.05, 0.1) is 0 Å². The second-order valence-electron chi connectivity index (χ2n) is 3.33. The number of thioether (sulfide) groups is 1. The molecule has 2 aromatic rings. The largest absolute Gasteiger partial charge is 0.398 e. The second kappa shape index (κ2) is 5.23. The Hall–Kier alpha value is -1.19. The predicted molar refractivity (Wildman–Crippen MR) is 69.7 cm³/mol. The van der Waals surface area contributed by atoms with Crippen molar-refractivity contribution in [2.75, 3.05) is 5.73 Å². The number of aromatic nitrogens is 1.